The minimum absolute atomic E-state index is 0.0541. The van der Waals surface area contributed by atoms with Crippen molar-refractivity contribution in [2.45, 2.75) is 51.0 Å². The number of ether oxygens (including phenoxy) is 2. The lowest BCUT2D eigenvalue weighted by Crippen LogP contribution is -2.59. The van der Waals surface area contributed by atoms with Crippen LogP contribution in [0.1, 0.15) is 51.0 Å². The van der Waals surface area contributed by atoms with Gasteiger partial charge in [-0.1, -0.05) is 6.07 Å². The van der Waals surface area contributed by atoms with Crippen molar-refractivity contribution in [2.24, 2.45) is 17.8 Å². The molecule has 1 amide bonds. The van der Waals surface area contributed by atoms with E-state index in [9.17, 15) is 4.79 Å². The van der Waals surface area contributed by atoms with E-state index in [0.717, 1.165) is 28.9 Å². The van der Waals surface area contributed by atoms with Gasteiger partial charge in [-0.25, -0.2) is 0 Å². The van der Waals surface area contributed by atoms with Gasteiger partial charge < -0.3 is 14.8 Å². The Hall–Kier alpha value is -1.97. The number of rotatable bonds is 5. The van der Waals surface area contributed by atoms with Crippen LogP contribution in [0.4, 0.5) is 0 Å². The molecule has 0 spiro atoms. The minimum Gasteiger partial charge on any atom is -0.493 e. The van der Waals surface area contributed by atoms with E-state index in [0.29, 0.717) is 11.5 Å². The summed E-state index contributed by atoms with van der Waals surface area (Å²) in [6.45, 7) is 1.90. The summed E-state index contributed by atoms with van der Waals surface area (Å²) >= 11 is 0. The monoisotopic (exact) mass is 355 g/mol. The van der Waals surface area contributed by atoms with Crippen molar-refractivity contribution in [3.05, 3.63) is 29.3 Å². The highest BCUT2D eigenvalue weighted by Gasteiger charge is 2.51. The number of hydrogen-bond acceptors (Lipinski definition) is 3. The molecule has 4 saturated carbocycles. The standard InChI is InChI=1S/C22H29NO3/c1-14(6-15-4-5-19(25-2)20(10-15)26-3)21(24)23-22-11-16-7-17(12-22)9-18(8-16)13-22/h4-6,10,16-18H,7-9,11-13H2,1-3H3,(H,23,24)/b14-6+. The summed E-state index contributed by atoms with van der Waals surface area (Å²) < 4.78 is 10.6. The molecule has 0 aliphatic heterocycles. The Labute approximate surface area is 156 Å². The van der Waals surface area contributed by atoms with Gasteiger partial charge in [0.2, 0.25) is 5.91 Å². The fourth-order valence-corrected chi connectivity index (χ4v) is 5.86. The number of benzene rings is 1. The van der Waals surface area contributed by atoms with Crippen molar-refractivity contribution in [1.29, 1.82) is 0 Å². The van der Waals surface area contributed by atoms with Gasteiger partial charge in [0.05, 0.1) is 14.2 Å². The van der Waals surface area contributed by atoms with Crippen LogP contribution in [0.3, 0.4) is 0 Å². The summed E-state index contributed by atoms with van der Waals surface area (Å²) in [5, 5.41) is 3.43. The first-order valence-corrected chi connectivity index (χ1v) is 9.73. The maximum absolute atomic E-state index is 12.9. The lowest BCUT2D eigenvalue weighted by Gasteiger charge is -2.56. The van der Waals surface area contributed by atoms with Crippen molar-refractivity contribution in [3.8, 4) is 11.5 Å². The van der Waals surface area contributed by atoms with Crippen LogP contribution in [0, 0.1) is 17.8 Å². The molecule has 0 heterocycles. The molecule has 0 radical (unpaired) electrons. The molecular formula is C22H29NO3. The summed E-state index contributed by atoms with van der Waals surface area (Å²) in [5.41, 5.74) is 1.74. The zero-order valence-electron chi connectivity index (χ0n) is 16.0. The summed E-state index contributed by atoms with van der Waals surface area (Å²) in [6, 6.07) is 5.72. The van der Waals surface area contributed by atoms with Crippen LogP contribution >= 0.6 is 0 Å². The lowest BCUT2D eigenvalue weighted by molar-refractivity contribution is -0.123. The van der Waals surface area contributed by atoms with Crippen LogP contribution in [0.5, 0.6) is 11.5 Å². The minimum atomic E-state index is 0.0541. The third kappa shape index (κ3) is 3.22. The zero-order valence-corrected chi connectivity index (χ0v) is 16.0. The third-order valence-corrected chi connectivity index (χ3v) is 6.57. The fourth-order valence-electron chi connectivity index (χ4n) is 5.86. The highest BCUT2D eigenvalue weighted by Crippen LogP contribution is 2.55. The van der Waals surface area contributed by atoms with Crippen LogP contribution in [0.2, 0.25) is 0 Å². The molecule has 4 aliphatic carbocycles. The number of hydrogen-bond donors (Lipinski definition) is 1. The molecule has 1 aromatic carbocycles. The van der Waals surface area contributed by atoms with E-state index >= 15 is 0 Å². The van der Waals surface area contributed by atoms with E-state index in [2.05, 4.69) is 5.32 Å². The topological polar surface area (TPSA) is 47.6 Å². The second kappa shape index (κ2) is 6.64. The smallest absolute Gasteiger partial charge is 0.247 e. The summed E-state index contributed by atoms with van der Waals surface area (Å²) in [5.74, 6) is 3.93. The second-order valence-electron chi connectivity index (χ2n) is 8.59. The maximum atomic E-state index is 12.9. The van der Waals surface area contributed by atoms with Gasteiger partial charge in [0.15, 0.2) is 11.5 Å². The summed E-state index contributed by atoms with van der Waals surface area (Å²) in [7, 11) is 3.25. The van der Waals surface area contributed by atoms with E-state index in [1.54, 1.807) is 14.2 Å². The van der Waals surface area contributed by atoms with Crippen molar-refractivity contribution in [3.63, 3.8) is 0 Å². The van der Waals surface area contributed by atoms with Crippen molar-refractivity contribution in [2.75, 3.05) is 14.2 Å². The normalized spacial score (nSPS) is 32.4. The van der Waals surface area contributed by atoms with Crippen LogP contribution in [0.15, 0.2) is 23.8 Å². The van der Waals surface area contributed by atoms with Crippen molar-refractivity contribution in [1.82, 2.24) is 5.32 Å². The van der Waals surface area contributed by atoms with Gasteiger partial charge in [-0.3, -0.25) is 4.79 Å². The van der Waals surface area contributed by atoms with E-state index in [1.807, 2.05) is 31.2 Å². The van der Waals surface area contributed by atoms with Crippen molar-refractivity contribution >= 4 is 12.0 Å². The molecule has 4 bridgehead atoms. The molecule has 0 unspecified atom stereocenters. The molecule has 4 aliphatic rings. The molecule has 0 atom stereocenters. The molecule has 0 aromatic heterocycles. The largest absolute Gasteiger partial charge is 0.493 e. The van der Waals surface area contributed by atoms with Crippen LogP contribution < -0.4 is 14.8 Å². The molecule has 26 heavy (non-hydrogen) atoms. The number of amides is 1. The summed E-state index contributed by atoms with van der Waals surface area (Å²) in [6.07, 6.45) is 9.61. The Morgan fingerprint density at radius 1 is 1.04 bits per heavy atom. The number of nitrogens with one attached hydrogen (secondary N) is 1. The third-order valence-electron chi connectivity index (χ3n) is 6.57. The molecule has 140 valence electrons. The molecule has 4 heteroatoms. The van der Waals surface area contributed by atoms with Crippen LogP contribution in [0.25, 0.3) is 6.08 Å². The molecule has 0 saturated heterocycles. The van der Waals surface area contributed by atoms with Gasteiger partial charge in [-0.2, -0.15) is 0 Å². The van der Waals surface area contributed by atoms with Gasteiger partial charge in [0.25, 0.3) is 0 Å². The average Bonchev–Trinajstić information content (AvgIpc) is 2.59. The van der Waals surface area contributed by atoms with Crippen LogP contribution in [-0.4, -0.2) is 25.7 Å². The Bertz CT molecular complexity index is 702. The molecule has 1 aromatic rings. The molecule has 4 nitrogen and oxygen atoms in total. The van der Waals surface area contributed by atoms with Crippen molar-refractivity contribution < 1.29 is 14.3 Å². The summed E-state index contributed by atoms with van der Waals surface area (Å²) in [4.78, 5) is 12.9. The van der Waals surface area contributed by atoms with E-state index in [4.69, 9.17) is 9.47 Å². The van der Waals surface area contributed by atoms with Gasteiger partial charge in [0, 0.05) is 11.1 Å². The highest BCUT2D eigenvalue weighted by atomic mass is 16.5. The first-order chi connectivity index (χ1) is 12.5. The molecule has 1 N–H and O–H groups in total. The fraction of sp³-hybridized carbons (Fsp3) is 0.591. The predicted octanol–water partition coefficient (Wildman–Crippen LogP) is 4.19. The number of carbonyl (C=O) groups is 1. The molecule has 5 rings (SSSR count). The van der Waals surface area contributed by atoms with E-state index in [-0.39, 0.29) is 11.4 Å². The van der Waals surface area contributed by atoms with E-state index < -0.39 is 0 Å². The number of carbonyl (C=O) groups excluding carboxylic acids is 1. The van der Waals surface area contributed by atoms with Gasteiger partial charge in [-0.05, 0) is 87.0 Å². The molecule has 4 fully saturated rings. The quantitative estimate of drug-likeness (QED) is 0.806. The van der Waals surface area contributed by atoms with Crippen LogP contribution in [-0.2, 0) is 4.79 Å². The predicted molar refractivity (Wildman–Crippen MR) is 102 cm³/mol. The lowest BCUT2D eigenvalue weighted by atomic mass is 9.53. The molecular weight excluding hydrogens is 326 g/mol. The van der Waals surface area contributed by atoms with E-state index in [1.165, 1.54) is 38.5 Å². The first kappa shape index (κ1) is 17.4. The van der Waals surface area contributed by atoms with Gasteiger partial charge in [0.1, 0.15) is 0 Å². The average molecular weight is 355 g/mol. The zero-order chi connectivity index (χ0) is 18.3. The Kier molecular flexibility index (Phi) is 4.45. The maximum Gasteiger partial charge on any atom is 0.247 e. The van der Waals surface area contributed by atoms with Gasteiger partial charge in [-0.15, -0.1) is 0 Å². The van der Waals surface area contributed by atoms with Gasteiger partial charge >= 0.3 is 0 Å². The Morgan fingerprint density at radius 3 is 2.15 bits per heavy atom. The highest BCUT2D eigenvalue weighted by molar-refractivity contribution is 5.97. The second-order valence-corrected chi connectivity index (χ2v) is 8.59. The number of methoxy groups -OCH3 is 2. The Balaban J connectivity index is 1.49. The SMILES string of the molecule is COc1ccc(/C=C(\C)C(=O)NC23CC4CC(CC(C4)C2)C3)cc1OC. The first-order valence-electron chi connectivity index (χ1n) is 9.73. The Morgan fingerprint density at radius 2 is 1.62 bits per heavy atom.